The Morgan fingerprint density at radius 2 is 1.36 bits per heavy atom. The maximum absolute atomic E-state index is 13.3. The molecule has 0 aliphatic heterocycles. The number of benzene rings is 3. The van der Waals surface area contributed by atoms with E-state index < -0.39 is 41.8 Å². The Bertz CT molecular complexity index is 1410. The number of hydrogen-bond donors (Lipinski definition) is 0. The number of carbonyl (C=O) groups excluding carboxylic acids is 1. The average Bonchev–Trinajstić information content (AvgIpc) is 2.77. The third-order valence-corrected chi connectivity index (χ3v) is 7.93. The highest BCUT2D eigenvalue weighted by atomic mass is 32.2. The first-order valence-corrected chi connectivity index (χ1v) is 12.5. The Balaban J connectivity index is 2.12. The Hall–Kier alpha value is -3.41. The fourth-order valence-electron chi connectivity index (χ4n) is 2.87. The molecule has 3 aromatic rings. The van der Waals surface area contributed by atoms with E-state index in [1.165, 1.54) is 54.6 Å². The SMILES string of the molecule is Cc1ccc(S(=O)(=O)OC(C(=O)c2cccc([N+](=O)[O-])c2)S(=O)(=O)c2ccc(C)cc2)cc1. The Kier molecular flexibility index (Phi) is 6.77. The fraction of sp³-hybridized carbons (Fsp3) is 0.136. The van der Waals surface area contributed by atoms with E-state index in [0.717, 1.165) is 29.3 Å². The van der Waals surface area contributed by atoms with Gasteiger partial charge in [0, 0.05) is 17.7 Å². The van der Waals surface area contributed by atoms with Crippen LogP contribution >= 0.6 is 0 Å². The number of ketones is 1. The minimum Gasteiger partial charge on any atom is -0.290 e. The van der Waals surface area contributed by atoms with Gasteiger partial charge in [0.1, 0.15) is 0 Å². The molecule has 0 radical (unpaired) electrons. The van der Waals surface area contributed by atoms with Crippen LogP contribution in [0.1, 0.15) is 21.5 Å². The molecule has 0 heterocycles. The largest absolute Gasteiger partial charge is 0.298 e. The molecule has 0 N–H and O–H groups in total. The smallest absolute Gasteiger partial charge is 0.290 e. The number of non-ortho nitro benzene ring substituents is 1. The maximum atomic E-state index is 13.3. The highest BCUT2D eigenvalue weighted by molar-refractivity contribution is 7.94. The highest BCUT2D eigenvalue weighted by Gasteiger charge is 2.40. The number of Topliss-reactive ketones (excluding diaryl/α,β-unsaturated/α-hetero) is 1. The van der Waals surface area contributed by atoms with Crippen LogP contribution in [0.15, 0.2) is 82.6 Å². The van der Waals surface area contributed by atoms with E-state index in [-0.39, 0.29) is 15.4 Å². The topological polar surface area (TPSA) is 138 Å². The lowest BCUT2D eigenvalue weighted by atomic mass is 10.1. The minimum atomic E-state index is -4.69. The lowest BCUT2D eigenvalue weighted by molar-refractivity contribution is -0.384. The summed E-state index contributed by atoms with van der Waals surface area (Å²) in [5.74, 6) is -1.25. The lowest BCUT2D eigenvalue weighted by Crippen LogP contribution is -2.35. The molecule has 0 fully saturated rings. The molecule has 3 rings (SSSR count). The van der Waals surface area contributed by atoms with Crippen molar-refractivity contribution in [1.29, 1.82) is 0 Å². The van der Waals surface area contributed by atoms with E-state index in [1.807, 2.05) is 0 Å². The van der Waals surface area contributed by atoms with Crippen LogP contribution in [0.2, 0.25) is 0 Å². The summed E-state index contributed by atoms with van der Waals surface area (Å²) in [5.41, 5.74) is -1.85. The van der Waals surface area contributed by atoms with Crippen LogP contribution < -0.4 is 0 Å². The van der Waals surface area contributed by atoms with E-state index in [0.29, 0.717) is 0 Å². The molecule has 0 saturated carbocycles. The van der Waals surface area contributed by atoms with Gasteiger partial charge in [0.25, 0.3) is 15.8 Å². The number of aryl methyl sites for hydroxylation is 2. The van der Waals surface area contributed by atoms with E-state index in [1.54, 1.807) is 13.8 Å². The Morgan fingerprint density at radius 3 is 1.88 bits per heavy atom. The summed E-state index contributed by atoms with van der Waals surface area (Å²) in [6.07, 6.45) is 0. The van der Waals surface area contributed by atoms with Crippen molar-refractivity contribution >= 4 is 31.4 Å². The molecule has 0 aliphatic rings. The summed E-state index contributed by atoms with van der Waals surface area (Å²) in [5, 5.41) is 11.1. The second-order valence-electron chi connectivity index (χ2n) is 7.23. The molecule has 0 saturated heterocycles. The van der Waals surface area contributed by atoms with Gasteiger partial charge in [-0.3, -0.25) is 14.9 Å². The van der Waals surface area contributed by atoms with Crippen LogP contribution in [0.4, 0.5) is 5.69 Å². The van der Waals surface area contributed by atoms with Gasteiger partial charge in [0.15, 0.2) is 0 Å². The summed E-state index contributed by atoms with van der Waals surface area (Å²) in [6.45, 7) is 3.45. The first-order chi connectivity index (χ1) is 15.4. The van der Waals surface area contributed by atoms with Gasteiger partial charge < -0.3 is 0 Å². The molecular formula is C22H19NO8S2. The predicted molar refractivity (Wildman–Crippen MR) is 119 cm³/mol. The lowest BCUT2D eigenvalue weighted by Gasteiger charge is -2.18. The second kappa shape index (κ2) is 9.22. The van der Waals surface area contributed by atoms with Crippen molar-refractivity contribution in [2.75, 3.05) is 0 Å². The van der Waals surface area contributed by atoms with E-state index in [9.17, 15) is 31.7 Å². The highest BCUT2D eigenvalue weighted by Crippen LogP contribution is 2.26. The number of rotatable bonds is 8. The molecule has 172 valence electrons. The van der Waals surface area contributed by atoms with E-state index in [2.05, 4.69) is 0 Å². The van der Waals surface area contributed by atoms with Gasteiger partial charge in [-0.1, -0.05) is 47.5 Å². The zero-order valence-electron chi connectivity index (χ0n) is 17.5. The van der Waals surface area contributed by atoms with Crippen molar-refractivity contribution in [3.63, 3.8) is 0 Å². The molecule has 11 heteroatoms. The van der Waals surface area contributed by atoms with Crippen LogP contribution in [-0.4, -0.2) is 33.0 Å². The predicted octanol–water partition coefficient (Wildman–Crippen LogP) is 3.60. The standard InChI is InChI=1S/C22H19NO8S2/c1-15-6-10-19(11-7-15)32(27,28)22(21(24)17-4-3-5-18(14-17)23(25)26)31-33(29,30)20-12-8-16(2)9-13-20/h3-14,22H,1-2H3. The summed E-state index contributed by atoms with van der Waals surface area (Å²) < 4.78 is 57.3. The number of carbonyl (C=O) groups is 1. The number of nitro groups is 1. The molecule has 1 unspecified atom stereocenters. The van der Waals surface area contributed by atoms with Gasteiger partial charge in [0.2, 0.25) is 21.1 Å². The van der Waals surface area contributed by atoms with Gasteiger partial charge in [-0.2, -0.15) is 8.42 Å². The van der Waals surface area contributed by atoms with Crippen molar-refractivity contribution in [3.8, 4) is 0 Å². The van der Waals surface area contributed by atoms with Gasteiger partial charge in [-0.05, 0) is 38.1 Å². The summed E-state index contributed by atoms with van der Waals surface area (Å²) in [4.78, 5) is 22.8. The fourth-order valence-corrected chi connectivity index (χ4v) is 5.67. The van der Waals surface area contributed by atoms with Crippen LogP contribution in [0.3, 0.4) is 0 Å². The molecule has 0 amide bonds. The quantitative estimate of drug-likeness (QED) is 0.202. The van der Waals surface area contributed by atoms with Gasteiger partial charge >= 0.3 is 0 Å². The van der Waals surface area contributed by atoms with Gasteiger partial charge in [-0.15, -0.1) is 0 Å². The minimum absolute atomic E-state index is 0.337. The molecule has 0 aromatic heterocycles. The number of sulfone groups is 1. The van der Waals surface area contributed by atoms with Crippen molar-refractivity contribution in [2.45, 2.75) is 29.1 Å². The zero-order valence-corrected chi connectivity index (χ0v) is 19.2. The second-order valence-corrected chi connectivity index (χ2v) is 10.8. The molecule has 0 spiro atoms. The van der Waals surface area contributed by atoms with Crippen LogP contribution in [0.5, 0.6) is 0 Å². The van der Waals surface area contributed by atoms with Crippen molar-refractivity contribution in [2.24, 2.45) is 0 Å². The molecular weight excluding hydrogens is 470 g/mol. The molecule has 9 nitrogen and oxygen atoms in total. The average molecular weight is 490 g/mol. The summed E-state index contributed by atoms with van der Waals surface area (Å²) >= 11 is 0. The number of hydrogen-bond acceptors (Lipinski definition) is 8. The molecule has 3 aromatic carbocycles. The third-order valence-electron chi connectivity index (χ3n) is 4.71. The summed E-state index contributed by atoms with van der Waals surface area (Å²) in [7, 11) is -9.36. The molecule has 33 heavy (non-hydrogen) atoms. The molecule has 1 atom stereocenters. The number of nitro benzene ring substituents is 1. The summed E-state index contributed by atoms with van der Waals surface area (Å²) in [6, 6.07) is 15.1. The van der Waals surface area contributed by atoms with Crippen molar-refractivity contribution in [1.82, 2.24) is 0 Å². The monoisotopic (exact) mass is 489 g/mol. The number of nitrogens with zero attached hydrogens (tertiary/aromatic N) is 1. The Labute approximate surface area is 190 Å². The van der Waals surface area contributed by atoms with Crippen LogP contribution in [0, 0.1) is 24.0 Å². The van der Waals surface area contributed by atoms with Gasteiger partial charge in [-0.25, -0.2) is 12.6 Å². The molecule has 0 bridgehead atoms. The van der Waals surface area contributed by atoms with Crippen molar-refractivity contribution < 1.29 is 30.7 Å². The van der Waals surface area contributed by atoms with Crippen LogP contribution in [0.25, 0.3) is 0 Å². The Morgan fingerprint density at radius 1 is 0.848 bits per heavy atom. The third kappa shape index (κ3) is 5.33. The first kappa shape index (κ1) is 24.2. The molecule has 0 aliphatic carbocycles. The van der Waals surface area contributed by atoms with Gasteiger partial charge in [0.05, 0.1) is 14.7 Å². The maximum Gasteiger partial charge on any atom is 0.298 e. The van der Waals surface area contributed by atoms with E-state index in [4.69, 9.17) is 4.18 Å². The zero-order chi connectivity index (χ0) is 24.4. The normalized spacial score (nSPS) is 12.8. The van der Waals surface area contributed by atoms with Crippen molar-refractivity contribution in [3.05, 3.63) is 99.6 Å². The van der Waals surface area contributed by atoms with E-state index >= 15 is 0 Å². The van der Waals surface area contributed by atoms with Crippen LogP contribution in [-0.2, 0) is 24.1 Å². The first-order valence-electron chi connectivity index (χ1n) is 9.51.